The molecule has 0 radical (unpaired) electrons. The van der Waals surface area contributed by atoms with Crippen molar-refractivity contribution in [2.45, 2.75) is 76.9 Å². The van der Waals surface area contributed by atoms with Gasteiger partial charge < -0.3 is 28.4 Å². The van der Waals surface area contributed by atoms with E-state index in [4.69, 9.17) is 31.2 Å². The first-order valence-corrected chi connectivity index (χ1v) is 6.97. The molecule has 0 unspecified atom stereocenters. The lowest BCUT2D eigenvalue weighted by Gasteiger charge is -2.36. The Bertz CT molecular complexity index is 507. The van der Waals surface area contributed by atoms with Crippen LogP contribution in [0, 0.1) is 0 Å². The number of carbonyl (C=O) groups is 1. The van der Waals surface area contributed by atoms with Gasteiger partial charge in [-0.3, -0.25) is 4.79 Å². The van der Waals surface area contributed by atoms with E-state index in [9.17, 15) is 4.79 Å². The Morgan fingerprint density at radius 2 is 1.62 bits per heavy atom. The van der Waals surface area contributed by atoms with Crippen molar-refractivity contribution in [3.05, 3.63) is 0 Å². The van der Waals surface area contributed by atoms with Gasteiger partial charge in [-0.05, 0) is 27.7 Å². The van der Waals surface area contributed by atoms with E-state index in [2.05, 4.69) is 0 Å². The lowest BCUT2D eigenvalue weighted by Crippen LogP contribution is -2.56. The Labute approximate surface area is 126 Å². The molecular formula is C14H22O7. The van der Waals surface area contributed by atoms with Crippen molar-refractivity contribution in [3.63, 3.8) is 0 Å². The van der Waals surface area contributed by atoms with Gasteiger partial charge in [0.2, 0.25) is 0 Å². The fourth-order valence-electron chi connectivity index (χ4n) is 2.85. The Balaban J connectivity index is 1.91. The average Bonchev–Trinajstić information content (AvgIpc) is 2.80. The van der Waals surface area contributed by atoms with Crippen LogP contribution in [0.4, 0.5) is 0 Å². The molecule has 0 aromatic rings. The van der Waals surface area contributed by atoms with Gasteiger partial charge in [0.1, 0.15) is 31.0 Å². The van der Waals surface area contributed by atoms with Crippen LogP contribution in [-0.2, 0) is 33.2 Å². The summed E-state index contributed by atoms with van der Waals surface area (Å²) in [5.41, 5.74) is 0. The lowest BCUT2D eigenvalue weighted by molar-refractivity contribution is -0.242. The molecule has 0 bridgehead atoms. The third kappa shape index (κ3) is 2.93. The summed E-state index contributed by atoms with van der Waals surface area (Å²) in [5.74, 6) is -2.58. The summed E-state index contributed by atoms with van der Waals surface area (Å²) in [5, 5.41) is 0. The SMILES string of the molecule is [2H]C([2H])(OC(C)=O)[C@H]1O[C@@H]2OC(C)(C)O[C@@H]2[C@H]2OC(C)(C)O[C@@H]21. The van der Waals surface area contributed by atoms with Crippen molar-refractivity contribution in [1.82, 2.24) is 0 Å². The summed E-state index contributed by atoms with van der Waals surface area (Å²) in [6.07, 6.45) is -3.98. The first kappa shape index (κ1) is 12.8. The lowest BCUT2D eigenvalue weighted by atomic mass is 9.99. The zero-order valence-electron chi connectivity index (χ0n) is 14.7. The van der Waals surface area contributed by atoms with Crippen molar-refractivity contribution >= 4 is 5.97 Å². The molecule has 3 heterocycles. The second-order valence-corrected chi connectivity index (χ2v) is 6.30. The Hall–Kier alpha value is -0.730. The van der Waals surface area contributed by atoms with E-state index < -0.39 is 54.8 Å². The van der Waals surface area contributed by atoms with Crippen molar-refractivity contribution in [1.29, 1.82) is 0 Å². The molecule has 3 fully saturated rings. The van der Waals surface area contributed by atoms with Gasteiger partial charge in [-0.15, -0.1) is 0 Å². The summed E-state index contributed by atoms with van der Waals surface area (Å²) in [4.78, 5) is 11.2. The molecule has 3 saturated heterocycles. The van der Waals surface area contributed by atoms with Crippen LogP contribution in [0.15, 0.2) is 0 Å². The number of ether oxygens (including phenoxy) is 6. The molecule has 0 aromatic carbocycles. The molecule has 7 heteroatoms. The molecule has 0 N–H and O–H groups in total. The van der Waals surface area contributed by atoms with Gasteiger partial charge in [0.05, 0.1) is 2.74 Å². The molecule has 0 amide bonds. The molecule has 3 aliphatic heterocycles. The minimum atomic E-state index is -2.39. The molecule has 3 aliphatic rings. The topological polar surface area (TPSA) is 72.5 Å². The van der Waals surface area contributed by atoms with Crippen molar-refractivity contribution in [3.8, 4) is 0 Å². The highest BCUT2D eigenvalue weighted by Gasteiger charge is 2.60. The molecule has 21 heavy (non-hydrogen) atoms. The fourth-order valence-corrected chi connectivity index (χ4v) is 2.85. The summed E-state index contributed by atoms with van der Waals surface area (Å²) in [6, 6.07) is 0. The maximum Gasteiger partial charge on any atom is 0.302 e. The highest BCUT2D eigenvalue weighted by atomic mass is 16.9. The third-order valence-electron chi connectivity index (χ3n) is 3.47. The predicted octanol–water partition coefficient (Wildman–Crippen LogP) is 0.946. The number of hydrogen-bond acceptors (Lipinski definition) is 7. The number of carbonyl (C=O) groups excluding carboxylic acids is 1. The van der Waals surface area contributed by atoms with Crippen LogP contribution < -0.4 is 0 Å². The normalized spacial score (nSPS) is 45.3. The largest absolute Gasteiger partial charge is 0.463 e. The standard InChI is InChI=1S/C14H22O7/c1-7(15)16-6-8-9-10(19-13(2,3)18-9)11-12(17-8)21-14(4,5)20-11/h8-12H,6H2,1-5H3/t8-,9-,10+,11-,12-/m1/s1/i6D2. The van der Waals surface area contributed by atoms with E-state index in [1.807, 2.05) is 0 Å². The quantitative estimate of drug-likeness (QED) is 0.703. The number of hydrogen-bond donors (Lipinski definition) is 0. The smallest absolute Gasteiger partial charge is 0.302 e. The first-order valence-electron chi connectivity index (χ1n) is 7.97. The highest BCUT2D eigenvalue weighted by Crippen LogP contribution is 2.44. The van der Waals surface area contributed by atoms with E-state index in [-0.39, 0.29) is 0 Å². The van der Waals surface area contributed by atoms with Crippen molar-refractivity contribution < 1.29 is 36.0 Å². The molecule has 7 nitrogen and oxygen atoms in total. The van der Waals surface area contributed by atoms with Gasteiger partial charge in [-0.25, -0.2) is 0 Å². The van der Waals surface area contributed by atoms with Crippen LogP contribution in [0.1, 0.15) is 37.4 Å². The van der Waals surface area contributed by atoms with Crippen LogP contribution in [-0.4, -0.2) is 54.8 Å². The summed E-state index contributed by atoms with van der Waals surface area (Å²) >= 11 is 0. The number of esters is 1. The first-order chi connectivity index (χ1) is 10.4. The average molecular weight is 304 g/mol. The summed E-state index contributed by atoms with van der Waals surface area (Å²) in [7, 11) is 0. The van der Waals surface area contributed by atoms with E-state index in [1.54, 1.807) is 27.7 Å². The number of fused-ring (bicyclic) bond motifs is 3. The van der Waals surface area contributed by atoms with E-state index in [0.717, 1.165) is 6.92 Å². The van der Waals surface area contributed by atoms with E-state index in [0.29, 0.717) is 0 Å². The zero-order valence-corrected chi connectivity index (χ0v) is 12.7. The van der Waals surface area contributed by atoms with E-state index in [1.165, 1.54) is 0 Å². The zero-order chi connectivity index (χ0) is 17.2. The van der Waals surface area contributed by atoms with Crippen LogP contribution in [0.5, 0.6) is 0 Å². The second kappa shape index (κ2) is 4.89. The molecule has 120 valence electrons. The van der Waals surface area contributed by atoms with Gasteiger partial charge in [0, 0.05) is 6.92 Å². The number of rotatable bonds is 2. The molecule has 0 spiro atoms. The fraction of sp³-hybridized carbons (Fsp3) is 0.929. The van der Waals surface area contributed by atoms with Crippen LogP contribution >= 0.6 is 0 Å². The maximum atomic E-state index is 11.2. The maximum absolute atomic E-state index is 11.2. The molecule has 5 atom stereocenters. The van der Waals surface area contributed by atoms with Gasteiger partial charge in [-0.2, -0.15) is 0 Å². The van der Waals surface area contributed by atoms with Gasteiger partial charge in [-0.1, -0.05) is 0 Å². The van der Waals surface area contributed by atoms with E-state index >= 15 is 0 Å². The molecule has 0 aliphatic carbocycles. The Morgan fingerprint density at radius 3 is 2.29 bits per heavy atom. The van der Waals surface area contributed by atoms with Crippen LogP contribution in [0.25, 0.3) is 0 Å². The monoisotopic (exact) mass is 304 g/mol. The summed E-state index contributed by atoms with van der Waals surface area (Å²) in [6.45, 7) is 5.66. The van der Waals surface area contributed by atoms with Crippen molar-refractivity contribution in [2.75, 3.05) is 6.56 Å². The predicted molar refractivity (Wildman–Crippen MR) is 69.2 cm³/mol. The van der Waals surface area contributed by atoms with Crippen molar-refractivity contribution in [2.24, 2.45) is 0 Å². The third-order valence-corrected chi connectivity index (χ3v) is 3.47. The minimum Gasteiger partial charge on any atom is -0.463 e. The Kier molecular flexibility index (Phi) is 2.98. The summed E-state index contributed by atoms with van der Waals surface area (Å²) < 4.78 is 49.8. The highest BCUT2D eigenvalue weighted by molar-refractivity contribution is 5.65. The molecule has 3 rings (SSSR count). The Morgan fingerprint density at radius 1 is 1.05 bits per heavy atom. The van der Waals surface area contributed by atoms with Gasteiger partial charge >= 0.3 is 5.97 Å². The molecule has 0 saturated carbocycles. The minimum absolute atomic E-state index is 0.554. The second-order valence-electron chi connectivity index (χ2n) is 6.30. The van der Waals surface area contributed by atoms with Crippen LogP contribution in [0.3, 0.4) is 0 Å². The molecule has 0 aromatic heterocycles. The van der Waals surface area contributed by atoms with Gasteiger partial charge in [0.25, 0.3) is 0 Å². The molecular weight excluding hydrogens is 280 g/mol. The van der Waals surface area contributed by atoms with Crippen LogP contribution in [0.2, 0.25) is 0 Å². The van der Waals surface area contributed by atoms with Gasteiger partial charge in [0.15, 0.2) is 17.9 Å².